The van der Waals surface area contributed by atoms with Gasteiger partial charge in [0.15, 0.2) is 9.87 Å². The fourth-order valence-corrected chi connectivity index (χ4v) is 8.56. The van der Waals surface area contributed by atoms with Gasteiger partial charge in [0.25, 0.3) is 0 Å². The van der Waals surface area contributed by atoms with Gasteiger partial charge in [-0.15, -0.1) is 11.6 Å². The summed E-state index contributed by atoms with van der Waals surface area (Å²) < 4.78 is 0. The number of fused-ring (bicyclic) bond motifs is 6. The van der Waals surface area contributed by atoms with Crippen molar-refractivity contribution in [1.29, 1.82) is 0 Å². The molecule has 0 aliphatic carbocycles. The Morgan fingerprint density at radius 2 is 1.15 bits per heavy atom. The molecule has 0 fully saturated rings. The van der Waals surface area contributed by atoms with Crippen LogP contribution in [0.5, 0.6) is 0 Å². The van der Waals surface area contributed by atoms with E-state index >= 15 is 0 Å². The Kier molecular flexibility index (Phi) is 8.36. The van der Waals surface area contributed by atoms with Crippen LogP contribution >= 0.6 is 23.2 Å². The van der Waals surface area contributed by atoms with E-state index in [1.807, 2.05) is 31.5 Å². The zero-order valence-corrected chi connectivity index (χ0v) is 32.3. The highest BCUT2D eigenvalue weighted by molar-refractivity contribution is 6.39. The van der Waals surface area contributed by atoms with E-state index in [-0.39, 0.29) is 0 Å². The average Bonchev–Trinajstić information content (AvgIpc) is 4.01. The molecule has 0 aromatic carbocycles. The lowest BCUT2D eigenvalue weighted by Gasteiger charge is -2.39. The summed E-state index contributed by atoms with van der Waals surface area (Å²) in [4.78, 5) is 24.3. The third-order valence-corrected chi connectivity index (χ3v) is 12.2. The Labute approximate surface area is 325 Å². The van der Waals surface area contributed by atoms with Crippen molar-refractivity contribution in [3.05, 3.63) is 178 Å². The minimum Gasteiger partial charge on any atom is -0.377 e. The summed E-state index contributed by atoms with van der Waals surface area (Å²) in [5.41, 5.74) is 11.2. The van der Waals surface area contributed by atoms with Crippen molar-refractivity contribution in [2.24, 2.45) is 9.98 Å². The number of H-pyrrole nitrogens is 2. The molecule has 0 radical (unpaired) electrons. The van der Waals surface area contributed by atoms with Gasteiger partial charge in [0.05, 0.1) is 17.1 Å². The number of nitrogens with zero attached hydrogens (tertiary/aromatic N) is 6. The van der Waals surface area contributed by atoms with Crippen molar-refractivity contribution in [3.63, 3.8) is 0 Å². The van der Waals surface area contributed by atoms with Crippen LogP contribution in [-0.2, 0) is 4.87 Å². The molecule has 7 aliphatic rings. The number of aromatic amines is 2. The van der Waals surface area contributed by atoms with Crippen LogP contribution < -0.4 is 10.7 Å². The van der Waals surface area contributed by atoms with Gasteiger partial charge in [-0.2, -0.15) is 0 Å². The zero-order valence-electron chi connectivity index (χ0n) is 30.8. The lowest BCUT2D eigenvalue weighted by Crippen LogP contribution is -2.42. The van der Waals surface area contributed by atoms with E-state index in [9.17, 15) is 0 Å². The molecular formula is C44H42Cl2N8. The monoisotopic (exact) mass is 752 g/mol. The molecule has 7 aliphatic heterocycles. The molecule has 2 aromatic rings. The van der Waals surface area contributed by atoms with Crippen molar-refractivity contribution >= 4 is 45.8 Å². The van der Waals surface area contributed by atoms with Gasteiger partial charge in [0, 0.05) is 93.2 Å². The summed E-state index contributed by atoms with van der Waals surface area (Å²) in [5, 5.41) is 1.96. The van der Waals surface area contributed by atoms with E-state index in [2.05, 4.69) is 148 Å². The summed E-state index contributed by atoms with van der Waals surface area (Å²) in [6.45, 7) is 3.04. The maximum atomic E-state index is 8.04. The van der Waals surface area contributed by atoms with Gasteiger partial charge < -0.3 is 29.6 Å². The van der Waals surface area contributed by atoms with Crippen molar-refractivity contribution in [2.45, 2.75) is 9.87 Å². The number of alkyl halides is 2. The molecule has 2 atom stereocenters. The Morgan fingerprint density at radius 3 is 1.74 bits per heavy atom. The lowest BCUT2D eigenvalue weighted by atomic mass is 9.85. The van der Waals surface area contributed by atoms with Gasteiger partial charge in [-0.25, -0.2) is 4.99 Å². The molecule has 9 rings (SSSR count). The van der Waals surface area contributed by atoms with Crippen LogP contribution in [0.3, 0.4) is 0 Å². The molecule has 8 bridgehead atoms. The first-order valence-corrected chi connectivity index (χ1v) is 19.0. The summed E-state index contributed by atoms with van der Waals surface area (Å²) in [5.74, 6) is 0. The molecular weight excluding hydrogens is 711 g/mol. The number of likely N-dealkylation sites (N-methyl/N-ethyl adjacent to an activating group) is 4. The minimum atomic E-state index is -1.38. The van der Waals surface area contributed by atoms with Gasteiger partial charge in [-0.3, -0.25) is 4.99 Å². The van der Waals surface area contributed by atoms with Crippen LogP contribution in [0.25, 0.3) is 11.1 Å². The topological polar surface area (TPSA) is 69.3 Å². The molecule has 10 heteroatoms. The van der Waals surface area contributed by atoms with E-state index in [4.69, 9.17) is 33.2 Å². The molecule has 2 unspecified atom stereocenters. The van der Waals surface area contributed by atoms with E-state index < -0.39 is 9.87 Å². The summed E-state index contributed by atoms with van der Waals surface area (Å²) in [7, 11) is 8.27. The number of hydrogen-bond acceptors (Lipinski definition) is 6. The molecule has 272 valence electrons. The van der Waals surface area contributed by atoms with Crippen molar-refractivity contribution in [3.8, 4) is 0 Å². The number of nitrogens with one attached hydrogen (secondary N) is 2. The van der Waals surface area contributed by atoms with Gasteiger partial charge >= 0.3 is 0 Å². The smallest absolute Gasteiger partial charge is 0.181 e. The highest BCUT2D eigenvalue weighted by Gasteiger charge is 2.54. The van der Waals surface area contributed by atoms with Crippen molar-refractivity contribution in [2.75, 3.05) is 54.4 Å². The Bertz CT molecular complexity index is 2500. The van der Waals surface area contributed by atoms with E-state index in [1.54, 1.807) is 0 Å². The van der Waals surface area contributed by atoms with Gasteiger partial charge in [-0.05, 0) is 120 Å². The molecule has 0 saturated carbocycles. The zero-order chi connectivity index (χ0) is 37.2. The van der Waals surface area contributed by atoms with E-state index in [1.165, 1.54) is 0 Å². The number of hydrogen-bond donors (Lipinski definition) is 2. The molecule has 0 spiro atoms. The van der Waals surface area contributed by atoms with Crippen LogP contribution in [0.4, 0.5) is 0 Å². The highest BCUT2D eigenvalue weighted by Crippen LogP contribution is 2.54. The number of halogens is 2. The summed E-state index contributed by atoms with van der Waals surface area (Å²) in [6, 6.07) is 8.51. The standard InChI is InChI=1S/C44H42Cl2N8/c1-51-21-12-29(13-22-51)40-33-5-6-35(47-33)41(30-14-23-52(2)24-15-30)37-9-10-39(49-37)44(46,32-18-27-54(4)28-19-32)43(45)20-11-38(50-43)42(36-8-7-34(40)48-36)31-16-25-53(3)26-17-31/h5-21,23,25,27,47,49H,22,24,26,28H2,1-4H3. The predicted octanol–water partition coefficient (Wildman–Crippen LogP) is 5.89. The maximum absolute atomic E-state index is 8.04. The van der Waals surface area contributed by atoms with Crippen LogP contribution in [0.2, 0.25) is 0 Å². The Morgan fingerprint density at radius 1 is 0.574 bits per heavy atom. The van der Waals surface area contributed by atoms with Gasteiger partial charge in [0.2, 0.25) is 0 Å². The first kappa shape index (κ1) is 34.3. The van der Waals surface area contributed by atoms with Crippen LogP contribution in [0.15, 0.2) is 166 Å². The number of rotatable bonds is 4. The predicted molar refractivity (Wildman–Crippen MR) is 222 cm³/mol. The van der Waals surface area contributed by atoms with Gasteiger partial charge in [0.1, 0.15) is 0 Å². The second-order valence-corrected chi connectivity index (χ2v) is 15.9. The number of allylic oxidation sites excluding steroid dienone is 11. The molecule has 0 amide bonds. The van der Waals surface area contributed by atoms with Crippen molar-refractivity contribution < 1.29 is 0 Å². The Hall–Kier alpha value is -5.44. The third kappa shape index (κ3) is 5.76. The molecule has 2 N–H and O–H groups in total. The molecule has 54 heavy (non-hydrogen) atoms. The maximum Gasteiger partial charge on any atom is 0.181 e. The highest BCUT2D eigenvalue weighted by atomic mass is 35.5. The quantitative estimate of drug-likeness (QED) is 0.302. The summed E-state index contributed by atoms with van der Waals surface area (Å²) in [6.07, 6.45) is 33.9. The third-order valence-electron chi connectivity index (χ3n) is 10.9. The minimum absolute atomic E-state index is 0.693. The average molecular weight is 754 g/mol. The number of aliphatic imine (C=N–C) groups is 2. The normalized spacial score (nSPS) is 26.1. The van der Waals surface area contributed by atoms with Crippen LogP contribution in [0, 0.1) is 0 Å². The molecule has 9 heterocycles. The first-order chi connectivity index (χ1) is 26.1. The van der Waals surface area contributed by atoms with Gasteiger partial charge in [-0.1, -0.05) is 35.9 Å². The lowest BCUT2D eigenvalue weighted by molar-refractivity contribution is 0.487. The van der Waals surface area contributed by atoms with Crippen molar-refractivity contribution in [1.82, 2.24) is 29.6 Å². The SMILES string of the molecule is CN1C=CC(C2=C3C=CC(=N3)C(C3=CCN(C)C=C3)=c3ccc([nH]3)=C(C3=CCN(C)C=C3)c3ccc([nH]3)C(Cl)(C3=CCN(C)C=C3)C3(Cl)C=CC2=N3)=CC1. The fourth-order valence-electron chi connectivity index (χ4n) is 7.84. The first-order valence-electron chi connectivity index (χ1n) is 18.3. The fraction of sp³-hybridized carbons (Fsp3) is 0.227. The van der Waals surface area contributed by atoms with Crippen LogP contribution in [-0.4, -0.2) is 100 Å². The van der Waals surface area contributed by atoms with Crippen LogP contribution in [0.1, 0.15) is 11.4 Å². The van der Waals surface area contributed by atoms with E-state index in [0.717, 1.165) is 97.9 Å². The summed E-state index contributed by atoms with van der Waals surface area (Å²) >= 11 is 15.9. The molecule has 8 nitrogen and oxygen atoms in total. The second kappa shape index (κ2) is 13.1. The largest absolute Gasteiger partial charge is 0.377 e. The van der Waals surface area contributed by atoms with E-state index in [0.29, 0.717) is 6.54 Å². The molecule has 0 saturated heterocycles. The Balaban J connectivity index is 1.37. The number of aromatic nitrogens is 2. The molecule has 2 aromatic heterocycles. The second-order valence-electron chi connectivity index (χ2n) is 14.7.